The number of hydrogen-bond donors (Lipinski definition) is 2. The first kappa shape index (κ1) is 12.8. The predicted octanol–water partition coefficient (Wildman–Crippen LogP) is 3.08. The van der Waals surface area contributed by atoms with Gasteiger partial charge in [0.25, 0.3) is 0 Å². The van der Waals surface area contributed by atoms with Crippen LogP contribution in [0.1, 0.15) is 5.56 Å². The summed E-state index contributed by atoms with van der Waals surface area (Å²) in [5.74, 6) is 0.799. The molecule has 0 saturated carbocycles. The van der Waals surface area contributed by atoms with Gasteiger partial charge in [-0.1, -0.05) is 18.2 Å². The number of nitrogens with one attached hydrogen (secondary N) is 2. The second-order valence-corrected chi connectivity index (χ2v) is 4.01. The van der Waals surface area contributed by atoms with Crippen LogP contribution in [0.25, 0.3) is 0 Å². The number of aryl methyl sites for hydroxylation is 1. The first-order valence-corrected chi connectivity index (χ1v) is 5.77. The minimum Gasteiger partial charge on any atom is -0.373 e. The Hall–Kier alpha value is -2.63. The van der Waals surface area contributed by atoms with Crippen LogP contribution in [0.15, 0.2) is 36.4 Å². The molecule has 0 saturated heterocycles. The number of pyridine rings is 1. The molecule has 0 atom stereocenters. The Morgan fingerprint density at radius 3 is 2.58 bits per heavy atom. The molecule has 98 valence electrons. The van der Waals surface area contributed by atoms with Gasteiger partial charge in [-0.2, -0.15) is 0 Å². The van der Waals surface area contributed by atoms with Crippen molar-refractivity contribution < 1.29 is 4.92 Å². The number of rotatable bonds is 4. The zero-order chi connectivity index (χ0) is 13.8. The van der Waals surface area contributed by atoms with Gasteiger partial charge in [-0.05, 0) is 24.6 Å². The molecule has 0 amide bonds. The van der Waals surface area contributed by atoms with Gasteiger partial charge in [0.05, 0.1) is 4.92 Å². The van der Waals surface area contributed by atoms with E-state index in [4.69, 9.17) is 0 Å². The number of anilines is 3. The van der Waals surface area contributed by atoms with Gasteiger partial charge in [0.1, 0.15) is 5.82 Å². The molecular formula is C13H14N4O2. The zero-order valence-corrected chi connectivity index (χ0v) is 10.7. The Morgan fingerprint density at radius 1 is 1.21 bits per heavy atom. The maximum atomic E-state index is 11.0. The number of para-hydroxylation sites is 1. The Bertz CT molecular complexity index is 613. The molecule has 2 aromatic rings. The standard InChI is InChI=1S/C13H14N4O2/c1-9-5-3-4-6-10(9)15-13-11(17(18)19)7-8-12(14-2)16-13/h3-8H,1-2H3,(H2,14,15,16). The zero-order valence-electron chi connectivity index (χ0n) is 10.7. The average Bonchev–Trinajstić information content (AvgIpc) is 2.41. The van der Waals surface area contributed by atoms with Crippen LogP contribution in [0.3, 0.4) is 0 Å². The van der Waals surface area contributed by atoms with Crippen LogP contribution in [-0.4, -0.2) is 17.0 Å². The van der Waals surface area contributed by atoms with Gasteiger partial charge in [0, 0.05) is 18.8 Å². The van der Waals surface area contributed by atoms with Crippen molar-refractivity contribution >= 4 is 23.0 Å². The molecule has 1 heterocycles. The summed E-state index contributed by atoms with van der Waals surface area (Å²) in [7, 11) is 1.71. The molecule has 0 spiro atoms. The molecule has 0 fully saturated rings. The maximum Gasteiger partial charge on any atom is 0.311 e. The highest BCUT2D eigenvalue weighted by molar-refractivity contribution is 5.69. The monoisotopic (exact) mass is 258 g/mol. The van der Waals surface area contributed by atoms with E-state index in [0.717, 1.165) is 11.3 Å². The molecule has 2 rings (SSSR count). The fourth-order valence-electron chi connectivity index (χ4n) is 1.67. The third-order valence-corrected chi connectivity index (χ3v) is 2.72. The molecule has 19 heavy (non-hydrogen) atoms. The molecular weight excluding hydrogens is 244 g/mol. The van der Waals surface area contributed by atoms with Gasteiger partial charge in [0.15, 0.2) is 0 Å². The Morgan fingerprint density at radius 2 is 1.95 bits per heavy atom. The van der Waals surface area contributed by atoms with Crippen LogP contribution >= 0.6 is 0 Å². The molecule has 0 aliphatic heterocycles. The lowest BCUT2D eigenvalue weighted by Crippen LogP contribution is -2.03. The van der Waals surface area contributed by atoms with Crippen molar-refractivity contribution in [2.24, 2.45) is 0 Å². The lowest BCUT2D eigenvalue weighted by atomic mass is 10.2. The third kappa shape index (κ3) is 2.79. The van der Waals surface area contributed by atoms with E-state index < -0.39 is 4.92 Å². The Labute approximate surface area is 110 Å². The minimum atomic E-state index is -0.451. The van der Waals surface area contributed by atoms with E-state index in [0.29, 0.717) is 5.82 Å². The summed E-state index contributed by atoms with van der Waals surface area (Å²) in [5.41, 5.74) is 1.74. The molecule has 1 aromatic carbocycles. The Kier molecular flexibility index (Phi) is 3.61. The largest absolute Gasteiger partial charge is 0.373 e. The normalized spacial score (nSPS) is 10.0. The maximum absolute atomic E-state index is 11.0. The summed E-state index contributed by atoms with van der Waals surface area (Å²) in [4.78, 5) is 14.7. The summed E-state index contributed by atoms with van der Waals surface area (Å²) < 4.78 is 0. The van der Waals surface area contributed by atoms with Gasteiger partial charge < -0.3 is 10.6 Å². The summed E-state index contributed by atoms with van der Waals surface area (Å²) in [6.07, 6.45) is 0. The first-order valence-electron chi connectivity index (χ1n) is 5.77. The van der Waals surface area contributed by atoms with Crippen molar-refractivity contribution in [3.63, 3.8) is 0 Å². The van der Waals surface area contributed by atoms with Crippen molar-refractivity contribution in [3.8, 4) is 0 Å². The van der Waals surface area contributed by atoms with Crippen LogP contribution in [0, 0.1) is 17.0 Å². The summed E-state index contributed by atoms with van der Waals surface area (Å²) >= 11 is 0. The van der Waals surface area contributed by atoms with E-state index in [1.165, 1.54) is 6.07 Å². The number of hydrogen-bond acceptors (Lipinski definition) is 5. The number of benzene rings is 1. The van der Waals surface area contributed by atoms with E-state index in [2.05, 4.69) is 15.6 Å². The quantitative estimate of drug-likeness (QED) is 0.650. The van der Waals surface area contributed by atoms with E-state index >= 15 is 0 Å². The topological polar surface area (TPSA) is 80.1 Å². The fraction of sp³-hybridized carbons (Fsp3) is 0.154. The third-order valence-electron chi connectivity index (χ3n) is 2.72. The molecule has 2 N–H and O–H groups in total. The van der Waals surface area contributed by atoms with Gasteiger partial charge in [-0.25, -0.2) is 4.98 Å². The molecule has 6 heteroatoms. The molecule has 0 aliphatic rings. The fourth-order valence-corrected chi connectivity index (χ4v) is 1.67. The second-order valence-electron chi connectivity index (χ2n) is 4.01. The number of nitro groups is 1. The van der Waals surface area contributed by atoms with Crippen LogP contribution in [-0.2, 0) is 0 Å². The van der Waals surface area contributed by atoms with E-state index in [1.807, 2.05) is 31.2 Å². The van der Waals surface area contributed by atoms with Crippen molar-refractivity contribution in [1.29, 1.82) is 0 Å². The molecule has 0 radical (unpaired) electrons. The van der Waals surface area contributed by atoms with Crippen LogP contribution < -0.4 is 10.6 Å². The average molecular weight is 258 g/mol. The lowest BCUT2D eigenvalue weighted by molar-refractivity contribution is -0.384. The highest BCUT2D eigenvalue weighted by Crippen LogP contribution is 2.28. The smallest absolute Gasteiger partial charge is 0.311 e. The van der Waals surface area contributed by atoms with E-state index in [1.54, 1.807) is 13.1 Å². The van der Waals surface area contributed by atoms with Gasteiger partial charge >= 0.3 is 5.69 Å². The highest BCUT2D eigenvalue weighted by atomic mass is 16.6. The number of aromatic nitrogens is 1. The van der Waals surface area contributed by atoms with E-state index in [9.17, 15) is 10.1 Å². The highest BCUT2D eigenvalue weighted by Gasteiger charge is 2.16. The molecule has 1 aromatic heterocycles. The van der Waals surface area contributed by atoms with Crippen LogP contribution in [0.4, 0.5) is 23.0 Å². The van der Waals surface area contributed by atoms with Crippen molar-refractivity contribution in [2.75, 3.05) is 17.7 Å². The first-order chi connectivity index (χ1) is 9.11. The number of nitrogens with zero attached hydrogens (tertiary/aromatic N) is 2. The lowest BCUT2D eigenvalue weighted by Gasteiger charge is -2.10. The van der Waals surface area contributed by atoms with E-state index in [-0.39, 0.29) is 11.5 Å². The van der Waals surface area contributed by atoms with Crippen LogP contribution in [0.2, 0.25) is 0 Å². The van der Waals surface area contributed by atoms with Gasteiger partial charge in [-0.15, -0.1) is 0 Å². The van der Waals surface area contributed by atoms with Gasteiger partial charge in [-0.3, -0.25) is 10.1 Å². The second kappa shape index (κ2) is 5.34. The Balaban J connectivity index is 2.43. The molecule has 0 unspecified atom stereocenters. The van der Waals surface area contributed by atoms with Gasteiger partial charge in [0.2, 0.25) is 5.82 Å². The summed E-state index contributed by atoms with van der Waals surface area (Å²) in [5, 5.41) is 16.9. The molecule has 6 nitrogen and oxygen atoms in total. The van der Waals surface area contributed by atoms with Crippen molar-refractivity contribution in [2.45, 2.75) is 6.92 Å². The van der Waals surface area contributed by atoms with Crippen LogP contribution in [0.5, 0.6) is 0 Å². The minimum absolute atomic E-state index is 0.0535. The summed E-state index contributed by atoms with van der Waals surface area (Å²) in [6, 6.07) is 10.6. The summed E-state index contributed by atoms with van der Waals surface area (Å²) in [6.45, 7) is 1.93. The SMILES string of the molecule is CNc1ccc([N+](=O)[O-])c(Nc2ccccc2C)n1. The molecule has 0 bridgehead atoms. The molecule has 0 aliphatic carbocycles. The predicted molar refractivity (Wildman–Crippen MR) is 74.9 cm³/mol. The van der Waals surface area contributed by atoms with Crippen molar-refractivity contribution in [1.82, 2.24) is 4.98 Å². The van der Waals surface area contributed by atoms with Crippen molar-refractivity contribution in [3.05, 3.63) is 52.1 Å².